The van der Waals surface area contributed by atoms with Crippen molar-refractivity contribution >= 4 is 35.0 Å². The van der Waals surface area contributed by atoms with Gasteiger partial charge < -0.3 is 15.4 Å². The van der Waals surface area contributed by atoms with Crippen molar-refractivity contribution < 1.29 is 14.3 Å². The van der Waals surface area contributed by atoms with E-state index in [9.17, 15) is 9.59 Å². The summed E-state index contributed by atoms with van der Waals surface area (Å²) in [6.07, 6.45) is 1.71. The number of nitrogens with zero attached hydrogens (tertiary/aromatic N) is 1. The first-order chi connectivity index (χ1) is 14.9. The molecule has 1 aromatic heterocycles. The predicted octanol–water partition coefficient (Wildman–Crippen LogP) is 4.40. The van der Waals surface area contributed by atoms with Gasteiger partial charge in [-0.1, -0.05) is 47.5 Å². The molecule has 0 aliphatic rings. The molecule has 0 saturated heterocycles. The summed E-state index contributed by atoms with van der Waals surface area (Å²) in [7, 11) is 0. The van der Waals surface area contributed by atoms with E-state index in [1.807, 2.05) is 42.5 Å². The number of ether oxygens (including phenoxy) is 1. The molecule has 0 bridgehead atoms. The van der Waals surface area contributed by atoms with Crippen molar-refractivity contribution in [3.8, 4) is 5.75 Å². The van der Waals surface area contributed by atoms with Gasteiger partial charge in [0.05, 0.1) is 21.3 Å². The van der Waals surface area contributed by atoms with Gasteiger partial charge in [-0.3, -0.25) is 14.6 Å². The van der Waals surface area contributed by atoms with Gasteiger partial charge in [-0.2, -0.15) is 0 Å². The molecule has 0 aliphatic carbocycles. The molecule has 2 amide bonds. The van der Waals surface area contributed by atoms with Gasteiger partial charge in [0.1, 0.15) is 18.4 Å². The number of carbonyl (C=O) groups is 2. The largest absolute Gasteiger partial charge is 0.487 e. The normalized spacial score (nSPS) is 11.5. The van der Waals surface area contributed by atoms with Crippen LogP contribution in [0.15, 0.2) is 66.9 Å². The van der Waals surface area contributed by atoms with Crippen LogP contribution in [0, 0.1) is 0 Å². The van der Waals surface area contributed by atoms with Crippen LogP contribution >= 0.6 is 23.2 Å². The molecule has 8 heteroatoms. The number of hydrogen-bond donors (Lipinski definition) is 2. The zero-order chi connectivity index (χ0) is 22.2. The van der Waals surface area contributed by atoms with Crippen molar-refractivity contribution in [1.29, 1.82) is 0 Å². The number of aromatic nitrogens is 1. The van der Waals surface area contributed by atoms with E-state index >= 15 is 0 Å². The maximum atomic E-state index is 12.4. The predicted molar refractivity (Wildman–Crippen MR) is 120 cm³/mol. The number of pyridine rings is 1. The molecule has 1 heterocycles. The second-order valence-electron chi connectivity index (χ2n) is 6.77. The zero-order valence-electron chi connectivity index (χ0n) is 16.8. The molecule has 160 valence electrons. The molecule has 31 heavy (non-hydrogen) atoms. The lowest BCUT2D eigenvalue weighted by molar-refractivity contribution is -0.122. The molecule has 6 nitrogen and oxygen atoms in total. The maximum Gasteiger partial charge on any atom is 0.253 e. The summed E-state index contributed by atoms with van der Waals surface area (Å²) in [5, 5.41) is 5.85. The fourth-order valence-corrected chi connectivity index (χ4v) is 3.13. The van der Waals surface area contributed by atoms with Gasteiger partial charge in [0.2, 0.25) is 5.91 Å². The highest BCUT2D eigenvalue weighted by atomic mass is 35.5. The summed E-state index contributed by atoms with van der Waals surface area (Å²) in [6.45, 7) is 2.24. The molecule has 2 N–H and O–H groups in total. The van der Waals surface area contributed by atoms with Crippen LogP contribution in [0.25, 0.3) is 0 Å². The molecule has 3 rings (SSSR count). The Kier molecular flexibility index (Phi) is 7.87. The Bertz CT molecular complexity index is 1060. The average Bonchev–Trinajstić information content (AvgIpc) is 2.78. The van der Waals surface area contributed by atoms with Gasteiger partial charge in [0.25, 0.3) is 5.91 Å². The van der Waals surface area contributed by atoms with Crippen LogP contribution in [-0.2, 0) is 17.9 Å². The second kappa shape index (κ2) is 10.8. The first kappa shape index (κ1) is 22.6. The lowest BCUT2D eigenvalue weighted by Gasteiger charge is -2.15. The number of halogens is 2. The lowest BCUT2D eigenvalue weighted by atomic mass is 10.2. The SMILES string of the molecule is CC(NC(=O)c1cccc(Cl)c1Cl)C(=O)NCc1cccc(OCc2ccccn2)c1. The van der Waals surface area contributed by atoms with Crippen molar-refractivity contribution in [2.45, 2.75) is 26.1 Å². The molecule has 1 atom stereocenters. The molecule has 0 radical (unpaired) electrons. The summed E-state index contributed by atoms with van der Waals surface area (Å²) in [4.78, 5) is 29.0. The van der Waals surface area contributed by atoms with E-state index in [1.54, 1.807) is 31.3 Å². The summed E-state index contributed by atoms with van der Waals surface area (Å²) >= 11 is 12.0. The van der Waals surface area contributed by atoms with Crippen molar-refractivity contribution in [2.24, 2.45) is 0 Å². The van der Waals surface area contributed by atoms with Crippen LogP contribution in [0.5, 0.6) is 5.75 Å². The summed E-state index contributed by atoms with van der Waals surface area (Å²) < 4.78 is 5.75. The number of rotatable bonds is 8. The van der Waals surface area contributed by atoms with Crippen LogP contribution in [0.1, 0.15) is 28.5 Å². The molecule has 3 aromatic rings. The van der Waals surface area contributed by atoms with E-state index in [4.69, 9.17) is 27.9 Å². The fraction of sp³-hybridized carbons (Fsp3) is 0.174. The first-order valence-corrected chi connectivity index (χ1v) is 10.3. The van der Waals surface area contributed by atoms with E-state index in [0.29, 0.717) is 12.4 Å². The molecule has 0 spiro atoms. The second-order valence-corrected chi connectivity index (χ2v) is 7.56. The van der Waals surface area contributed by atoms with E-state index in [0.717, 1.165) is 11.3 Å². The van der Waals surface area contributed by atoms with Gasteiger partial charge in [0.15, 0.2) is 0 Å². The molecule has 0 aliphatic heterocycles. The third kappa shape index (κ3) is 6.44. The highest BCUT2D eigenvalue weighted by Crippen LogP contribution is 2.25. The Balaban J connectivity index is 1.51. The summed E-state index contributed by atoms with van der Waals surface area (Å²) in [6, 6.07) is 17.0. The maximum absolute atomic E-state index is 12.4. The topological polar surface area (TPSA) is 80.3 Å². The van der Waals surface area contributed by atoms with E-state index < -0.39 is 11.9 Å². The third-order valence-electron chi connectivity index (χ3n) is 4.42. The molecule has 0 saturated carbocycles. The number of nitrogens with one attached hydrogen (secondary N) is 2. The number of hydrogen-bond acceptors (Lipinski definition) is 4. The van der Waals surface area contributed by atoms with Gasteiger partial charge in [-0.25, -0.2) is 0 Å². The van der Waals surface area contributed by atoms with Crippen molar-refractivity contribution in [1.82, 2.24) is 15.6 Å². The number of amides is 2. The zero-order valence-corrected chi connectivity index (χ0v) is 18.3. The lowest BCUT2D eigenvalue weighted by Crippen LogP contribution is -2.44. The molecule has 1 unspecified atom stereocenters. The van der Waals surface area contributed by atoms with E-state index in [1.165, 1.54) is 0 Å². The van der Waals surface area contributed by atoms with Crippen molar-refractivity contribution in [2.75, 3.05) is 0 Å². The highest BCUT2D eigenvalue weighted by molar-refractivity contribution is 6.43. The van der Waals surface area contributed by atoms with Gasteiger partial charge in [-0.05, 0) is 48.9 Å². The van der Waals surface area contributed by atoms with Crippen LogP contribution in [-0.4, -0.2) is 22.8 Å². The first-order valence-electron chi connectivity index (χ1n) is 9.58. The average molecular weight is 458 g/mol. The molecule has 0 fully saturated rings. The van der Waals surface area contributed by atoms with Crippen molar-refractivity contribution in [3.05, 3.63) is 93.7 Å². The number of benzene rings is 2. The van der Waals surface area contributed by atoms with Crippen LogP contribution < -0.4 is 15.4 Å². The summed E-state index contributed by atoms with van der Waals surface area (Å²) in [5.74, 6) is -0.124. The fourth-order valence-electron chi connectivity index (χ4n) is 2.75. The van der Waals surface area contributed by atoms with Gasteiger partial charge in [-0.15, -0.1) is 0 Å². The Morgan fingerprint density at radius 2 is 1.87 bits per heavy atom. The third-order valence-corrected chi connectivity index (χ3v) is 5.23. The van der Waals surface area contributed by atoms with Gasteiger partial charge in [0, 0.05) is 12.7 Å². The van der Waals surface area contributed by atoms with Crippen LogP contribution in [0.2, 0.25) is 10.0 Å². The minimum atomic E-state index is -0.758. The van der Waals surface area contributed by atoms with Crippen molar-refractivity contribution in [3.63, 3.8) is 0 Å². The highest BCUT2D eigenvalue weighted by Gasteiger charge is 2.19. The van der Waals surface area contributed by atoms with Gasteiger partial charge >= 0.3 is 0 Å². The monoisotopic (exact) mass is 457 g/mol. The Morgan fingerprint density at radius 3 is 2.65 bits per heavy atom. The quantitative estimate of drug-likeness (QED) is 0.525. The van der Waals surface area contributed by atoms with E-state index in [-0.39, 0.29) is 28.1 Å². The Morgan fingerprint density at radius 1 is 1.06 bits per heavy atom. The molecule has 2 aromatic carbocycles. The Labute approximate surface area is 190 Å². The summed E-state index contributed by atoms with van der Waals surface area (Å²) in [5.41, 5.74) is 1.90. The standard InChI is InChI=1S/C23H21Cl2N3O3/c1-15(28-23(30)19-9-5-10-20(24)21(19)25)22(29)27-13-16-6-4-8-18(12-16)31-14-17-7-2-3-11-26-17/h2-12,15H,13-14H2,1H3,(H,27,29)(H,28,30). The Hall–Kier alpha value is -3.09. The molecular formula is C23H21Cl2N3O3. The van der Waals surface area contributed by atoms with E-state index in [2.05, 4.69) is 15.6 Å². The van der Waals surface area contributed by atoms with Crippen LogP contribution in [0.4, 0.5) is 0 Å². The van der Waals surface area contributed by atoms with Crippen LogP contribution in [0.3, 0.4) is 0 Å². The smallest absolute Gasteiger partial charge is 0.253 e. The number of carbonyl (C=O) groups excluding carboxylic acids is 2. The molecular weight excluding hydrogens is 437 g/mol. The minimum absolute atomic E-state index is 0.150. The minimum Gasteiger partial charge on any atom is -0.487 e.